The highest BCUT2D eigenvalue weighted by Gasteiger charge is 2.33. The molecule has 2 N–H and O–H groups in total. The molecule has 0 bridgehead atoms. The van der Waals surface area contributed by atoms with Crippen LogP contribution < -0.4 is 5.32 Å². The Hall–Kier alpha value is -1.73. The van der Waals surface area contributed by atoms with Crippen molar-refractivity contribution in [2.45, 2.75) is 45.3 Å². The fraction of sp³-hybridized carbons (Fsp3) is 0.438. The topological polar surface area (TPSA) is 48.9 Å². The molecule has 0 radical (unpaired) electrons. The second-order valence-corrected chi connectivity index (χ2v) is 7.38. The third kappa shape index (κ3) is 3.30. The van der Waals surface area contributed by atoms with Crippen LogP contribution in [0.3, 0.4) is 0 Å². The molecule has 2 aromatic rings. The van der Waals surface area contributed by atoms with E-state index in [9.17, 15) is 0 Å². The van der Waals surface area contributed by atoms with E-state index in [1.54, 1.807) is 0 Å². The van der Waals surface area contributed by atoms with Crippen LogP contribution in [0.15, 0.2) is 30.3 Å². The maximum atomic E-state index is 5.56. The summed E-state index contributed by atoms with van der Waals surface area (Å²) in [5, 5.41) is 11.5. The van der Waals surface area contributed by atoms with Crippen molar-refractivity contribution in [2.24, 2.45) is 0 Å². The molecule has 1 atom stereocenters. The number of para-hydroxylation sites is 1. The summed E-state index contributed by atoms with van der Waals surface area (Å²) < 4.78 is 2.56. The number of nitrogens with one attached hydrogen (secondary N) is 2. The lowest BCUT2D eigenvalue weighted by Crippen LogP contribution is -2.59. The van der Waals surface area contributed by atoms with Crippen LogP contribution in [0.2, 0.25) is 0 Å². The van der Waals surface area contributed by atoms with Crippen molar-refractivity contribution in [3.8, 4) is 5.69 Å². The molecule has 1 saturated heterocycles. The van der Waals surface area contributed by atoms with Gasteiger partial charge >= 0.3 is 0 Å². The summed E-state index contributed by atoms with van der Waals surface area (Å²) in [6, 6.07) is 10.4. The summed E-state index contributed by atoms with van der Waals surface area (Å²) >= 11 is 11.0. The minimum absolute atomic E-state index is 0.0250. The van der Waals surface area contributed by atoms with Crippen LogP contribution in [-0.4, -0.2) is 36.4 Å². The van der Waals surface area contributed by atoms with Gasteiger partial charge in [0.15, 0.2) is 15.7 Å². The lowest BCUT2D eigenvalue weighted by molar-refractivity contribution is 0.203. The van der Waals surface area contributed by atoms with Crippen LogP contribution in [0.5, 0.6) is 0 Å². The molecular formula is C16H21N5S2. The second-order valence-electron chi connectivity index (χ2n) is 6.61. The van der Waals surface area contributed by atoms with E-state index in [-0.39, 0.29) is 5.54 Å². The summed E-state index contributed by atoms with van der Waals surface area (Å²) in [5.74, 6) is 0.858. The largest absolute Gasteiger partial charge is 0.358 e. The highest BCUT2D eigenvalue weighted by Crippen LogP contribution is 2.24. The molecule has 0 aliphatic carbocycles. The number of hydrogen-bond acceptors (Lipinski definition) is 3. The molecule has 122 valence electrons. The van der Waals surface area contributed by atoms with Crippen LogP contribution >= 0.6 is 24.4 Å². The Morgan fingerprint density at radius 1 is 1.26 bits per heavy atom. The number of benzene rings is 1. The van der Waals surface area contributed by atoms with E-state index in [2.05, 4.69) is 41.2 Å². The van der Waals surface area contributed by atoms with Gasteiger partial charge in [-0.15, -0.1) is 0 Å². The second kappa shape index (κ2) is 6.05. The monoisotopic (exact) mass is 347 g/mol. The van der Waals surface area contributed by atoms with Crippen molar-refractivity contribution in [1.29, 1.82) is 0 Å². The standard InChI is InChI=1S/C16H21N5S2/c1-11-9-16(2,3)17-14(22)20(11)10-13-18-19-15(23)21(13)12-7-5-4-6-8-12/h4-8,11H,9-10H2,1-3H3,(H,17,22)(H,19,23). The first-order valence-electron chi connectivity index (χ1n) is 7.68. The van der Waals surface area contributed by atoms with Crippen molar-refractivity contribution >= 4 is 29.5 Å². The van der Waals surface area contributed by atoms with E-state index in [4.69, 9.17) is 24.4 Å². The normalized spacial score (nSPS) is 20.4. The Morgan fingerprint density at radius 2 is 1.96 bits per heavy atom. The Kier molecular flexibility index (Phi) is 4.25. The average molecular weight is 348 g/mol. The number of H-pyrrole nitrogens is 1. The van der Waals surface area contributed by atoms with E-state index in [1.165, 1.54) is 0 Å². The third-order valence-corrected chi connectivity index (χ3v) is 4.72. The molecule has 3 rings (SSSR count). The molecule has 1 unspecified atom stereocenters. The molecule has 1 aromatic carbocycles. The maximum absolute atomic E-state index is 5.56. The van der Waals surface area contributed by atoms with Crippen LogP contribution in [-0.2, 0) is 6.54 Å². The van der Waals surface area contributed by atoms with Crippen molar-refractivity contribution < 1.29 is 0 Å². The number of hydrogen-bond donors (Lipinski definition) is 2. The van der Waals surface area contributed by atoms with E-state index in [0.29, 0.717) is 17.4 Å². The molecule has 0 saturated carbocycles. The first-order valence-corrected chi connectivity index (χ1v) is 8.49. The van der Waals surface area contributed by atoms with Crippen molar-refractivity contribution in [3.05, 3.63) is 40.9 Å². The van der Waals surface area contributed by atoms with Gasteiger partial charge in [0.2, 0.25) is 0 Å². The van der Waals surface area contributed by atoms with Gasteiger partial charge in [-0.2, -0.15) is 5.10 Å². The lowest BCUT2D eigenvalue weighted by atomic mass is 9.93. The van der Waals surface area contributed by atoms with Gasteiger partial charge in [-0.05, 0) is 63.8 Å². The van der Waals surface area contributed by atoms with Gasteiger partial charge in [0, 0.05) is 17.3 Å². The van der Waals surface area contributed by atoms with Crippen molar-refractivity contribution in [1.82, 2.24) is 25.0 Å². The lowest BCUT2D eigenvalue weighted by Gasteiger charge is -2.44. The first kappa shape index (κ1) is 16.1. The minimum atomic E-state index is 0.0250. The zero-order valence-electron chi connectivity index (χ0n) is 13.5. The number of nitrogens with zero attached hydrogens (tertiary/aromatic N) is 3. The number of aromatic amines is 1. The van der Waals surface area contributed by atoms with E-state index < -0.39 is 0 Å². The van der Waals surface area contributed by atoms with Gasteiger partial charge in [-0.3, -0.25) is 9.67 Å². The Morgan fingerprint density at radius 3 is 2.61 bits per heavy atom. The number of aromatic nitrogens is 3. The molecule has 2 heterocycles. The van der Waals surface area contributed by atoms with E-state index >= 15 is 0 Å². The molecule has 1 aliphatic heterocycles. The first-order chi connectivity index (χ1) is 10.9. The fourth-order valence-corrected chi connectivity index (χ4v) is 3.90. The van der Waals surface area contributed by atoms with Gasteiger partial charge in [0.25, 0.3) is 0 Å². The average Bonchev–Trinajstić information content (AvgIpc) is 2.84. The van der Waals surface area contributed by atoms with E-state index in [1.807, 2.05) is 34.9 Å². The summed E-state index contributed by atoms with van der Waals surface area (Å²) in [6.07, 6.45) is 1.02. The molecule has 0 spiro atoms. The van der Waals surface area contributed by atoms with Gasteiger partial charge < -0.3 is 10.2 Å². The molecule has 1 aromatic heterocycles. The Labute approximate surface area is 146 Å². The van der Waals surface area contributed by atoms with Crippen molar-refractivity contribution in [3.63, 3.8) is 0 Å². The predicted octanol–water partition coefficient (Wildman–Crippen LogP) is 3.18. The zero-order valence-corrected chi connectivity index (χ0v) is 15.2. The smallest absolute Gasteiger partial charge is 0.199 e. The van der Waals surface area contributed by atoms with Gasteiger partial charge in [-0.25, -0.2) is 0 Å². The minimum Gasteiger partial charge on any atom is -0.358 e. The highest BCUT2D eigenvalue weighted by molar-refractivity contribution is 7.80. The predicted molar refractivity (Wildman–Crippen MR) is 98.2 cm³/mol. The Bertz CT molecular complexity index is 762. The van der Waals surface area contributed by atoms with Gasteiger partial charge in [-0.1, -0.05) is 18.2 Å². The quantitative estimate of drug-likeness (QED) is 0.835. The highest BCUT2D eigenvalue weighted by atomic mass is 32.1. The SMILES string of the molecule is CC1CC(C)(C)NC(=S)N1Cc1n[nH]c(=S)n1-c1ccccc1. The van der Waals surface area contributed by atoms with Crippen LogP contribution in [0, 0.1) is 4.77 Å². The van der Waals surface area contributed by atoms with Crippen LogP contribution in [0.25, 0.3) is 5.69 Å². The maximum Gasteiger partial charge on any atom is 0.199 e. The van der Waals surface area contributed by atoms with E-state index in [0.717, 1.165) is 23.0 Å². The van der Waals surface area contributed by atoms with Crippen molar-refractivity contribution in [2.75, 3.05) is 0 Å². The van der Waals surface area contributed by atoms with Gasteiger partial charge in [0.05, 0.1) is 6.54 Å². The van der Waals surface area contributed by atoms with Gasteiger partial charge in [0.1, 0.15) is 0 Å². The molecule has 5 nitrogen and oxygen atoms in total. The fourth-order valence-electron chi connectivity index (χ4n) is 3.12. The summed E-state index contributed by atoms with van der Waals surface area (Å²) in [7, 11) is 0. The summed E-state index contributed by atoms with van der Waals surface area (Å²) in [6.45, 7) is 7.16. The van der Waals surface area contributed by atoms with Crippen LogP contribution in [0.4, 0.5) is 0 Å². The third-order valence-electron chi connectivity index (χ3n) is 4.11. The number of thiocarbonyl (C=S) groups is 1. The Balaban J connectivity index is 1.90. The molecule has 23 heavy (non-hydrogen) atoms. The molecule has 1 fully saturated rings. The van der Waals surface area contributed by atoms with Crippen LogP contribution in [0.1, 0.15) is 33.0 Å². The zero-order chi connectivity index (χ0) is 16.6. The molecular weight excluding hydrogens is 326 g/mol. The summed E-state index contributed by atoms with van der Waals surface area (Å²) in [5.41, 5.74) is 1.03. The number of rotatable bonds is 3. The molecule has 1 aliphatic rings. The summed E-state index contributed by atoms with van der Waals surface area (Å²) in [4.78, 5) is 2.17. The molecule has 7 heteroatoms. The molecule has 0 amide bonds.